The monoisotopic (exact) mass is 265 g/mol. The van der Waals surface area contributed by atoms with Crippen molar-refractivity contribution in [3.05, 3.63) is 18.0 Å². The minimum absolute atomic E-state index is 0.346. The predicted octanol–water partition coefficient (Wildman–Crippen LogP) is 3.26. The molecule has 110 valence electrons. The average molecular weight is 265 g/mol. The van der Waals surface area contributed by atoms with E-state index >= 15 is 0 Å². The molecule has 0 radical (unpaired) electrons. The third kappa shape index (κ3) is 4.98. The van der Waals surface area contributed by atoms with Gasteiger partial charge in [-0.2, -0.15) is 5.10 Å². The zero-order valence-electron chi connectivity index (χ0n) is 13.5. The molecule has 0 saturated carbocycles. The number of nitrogens with one attached hydrogen (secondary N) is 1. The Balaban J connectivity index is 2.53. The third-order valence-corrected chi connectivity index (χ3v) is 4.35. The highest BCUT2D eigenvalue weighted by Gasteiger charge is 2.28. The van der Waals surface area contributed by atoms with E-state index in [9.17, 15) is 0 Å². The van der Waals surface area contributed by atoms with Crippen molar-refractivity contribution in [1.82, 2.24) is 15.1 Å². The van der Waals surface area contributed by atoms with E-state index < -0.39 is 0 Å². The van der Waals surface area contributed by atoms with Crippen LogP contribution in [0.15, 0.2) is 12.3 Å². The van der Waals surface area contributed by atoms with Crippen LogP contribution in [0.4, 0.5) is 0 Å². The molecular weight excluding hydrogens is 234 g/mol. The fraction of sp³-hybridized carbons (Fsp3) is 0.812. The Morgan fingerprint density at radius 3 is 2.47 bits per heavy atom. The summed E-state index contributed by atoms with van der Waals surface area (Å²) in [5, 5.41) is 7.88. The molecule has 1 aromatic heterocycles. The van der Waals surface area contributed by atoms with E-state index in [0.717, 1.165) is 19.5 Å². The first-order valence-electron chi connectivity index (χ1n) is 7.53. The Bertz CT molecular complexity index is 368. The van der Waals surface area contributed by atoms with Crippen LogP contribution in [0.1, 0.15) is 46.7 Å². The highest BCUT2D eigenvalue weighted by Crippen LogP contribution is 2.31. The van der Waals surface area contributed by atoms with E-state index in [1.54, 1.807) is 0 Å². The van der Waals surface area contributed by atoms with E-state index in [-0.39, 0.29) is 0 Å². The predicted molar refractivity (Wildman–Crippen MR) is 82.2 cm³/mol. The molecule has 19 heavy (non-hydrogen) atoms. The van der Waals surface area contributed by atoms with Crippen LogP contribution in [0.3, 0.4) is 0 Å². The first-order valence-corrected chi connectivity index (χ1v) is 7.53. The molecule has 0 bridgehead atoms. The normalized spacial score (nSPS) is 15.2. The van der Waals surface area contributed by atoms with Crippen molar-refractivity contribution in [3.8, 4) is 0 Å². The van der Waals surface area contributed by atoms with E-state index in [1.807, 2.05) is 17.9 Å². The summed E-state index contributed by atoms with van der Waals surface area (Å²) in [6, 6.07) is 2.13. The maximum absolute atomic E-state index is 4.25. The molecule has 3 heteroatoms. The lowest BCUT2D eigenvalue weighted by Crippen LogP contribution is -2.38. The Morgan fingerprint density at radius 1 is 1.32 bits per heavy atom. The van der Waals surface area contributed by atoms with Gasteiger partial charge in [-0.3, -0.25) is 4.68 Å². The van der Waals surface area contributed by atoms with Crippen LogP contribution >= 0.6 is 0 Å². The molecule has 0 spiro atoms. The average Bonchev–Trinajstić information content (AvgIpc) is 2.71. The fourth-order valence-electron chi connectivity index (χ4n) is 2.29. The summed E-state index contributed by atoms with van der Waals surface area (Å²) >= 11 is 0. The quantitative estimate of drug-likeness (QED) is 0.782. The molecule has 0 aliphatic heterocycles. The molecule has 1 heterocycles. The summed E-state index contributed by atoms with van der Waals surface area (Å²) in [5.41, 5.74) is 1.68. The van der Waals surface area contributed by atoms with E-state index in [2.05, 4.69) is 51.1 Å². The Hall–Kier alpha value is -0.830. The van der Waals surface area contributed by atoms with Gasteiger partial charge in [-0.1, -0.05) is 34.6 Å². The van der Waals surface area contributed by atoms with Crippen LogP contribution in [0.25, 0.3) is 0 Å². The smallest absolute Gasteiger partial charge is 0.0492 e. The van der Waals surface area contributed by atoms with Gasteiger partial charge in [-0.05, 0) is 42.7 Å². The van der Waals surface area contributed by atoms with Gasteiger partial charge in [0.2, 0.25) is 0 Å². The number of hydrogen-bond acceptors (Lipinski definition) is 2. The first kappa shape index (κ1) is 16.2. The third-order valence-electron chi connectivity index (χ3n) is 4.35. The van der Waals surface area contributed by atoms with Crippen molar-refractivity contribution in [2.75, 3.05) is 13.1 Å². The van der Waals surface area contributed by atoms with Crippen molar-refractivity contribution in [3.63, 3.8) is 0 Å². The van der Waals surface area contributed by atoms with E-state index in [1.165, 1.54) is 12.1 Å². The van der Waals surface area contributed by atoms with Crippen LogP contribution in [0, 0.1) is 17.3 Å². The lowest BCUT2D eigenvalue weighted by molar-refractivity contribution is 0.188. The molecule has 0 fully saturated rings. The van der Waals surface area contributed by atoms with Crippen molar-refractivity contribution in [2.45, 2.75) is 47.5 Å². The minimum Gasteiger partial charge on any atom is -0.316 e. The molecule has 0 aromatic carbocycles. The largest absolute Gasteiger partial charge is 0.316 e. The highest BCUT2D eigenvalue weighted by molar-refractivity contribution is 5.01. The number of aromatic nitrogens is 2. The first-order chi connectivity index (χ1) is 8.85. The fourth-order valence-corrected chi connectivity index (χ4v) is 2.29. The molecule has 0 amide bonds. The van der Waals surface area contributed by atoms with Crippen molar-refractivity contribution < 1.29 is 0 Å². The van der Waals surface area contributed by atoms with Crippen LogP contribution in [0.2, 0.25) is 0 Å². The van der Waals surface area contributed by atoms with Gasteiger partial charge in [0.1, 0.15) is 0 Å². The summed E-state index contributed by atoms with van der Waals surface area (Å²) in [6.45, 7) is 13.8. The molecule has 1 rings (SSSR count). The molecule has 1 aromatic rings. The van der Waals surface area contributed by atoms with E-state index in [4.69, 9.17) is 0 Å². The van der Waals surface area contributed by atoms with Crippen molar-refractivity contribution in [1.29, 1.82) is 0 Å². The SMILES string of the molecule is CC(C)CNCC(C)(CCc1ccnn1C)C(C)C. The van der Waals surface area contributed by atoms with Gasteiger partial charge in [0.15, 0.2) is 0 Å². The van der Waals surface area contributed by atoms with Gasteiger partial charge in [0, 0.05) is 25.5 Å². The molecule has 1 unspecified atom stereocenters. The number of rotatable bonds is 8. The number of hydrogen-bond donors (Lipinski definition) is 1. The number of aryl methyl sites for hydroxylation is 2. The summed E-state index contributed by atoms with van der Waals surface area (Å²) in [7, 11) is 2.03. The van der Waals surface area contributed by atoms with Gasteiger partial charge in [-0.15, -0.1) is 0 Å². The lowest BCUT2D eigenvalue weighted by atomic mass is 9.75. The van der Waals surface area contributed by atoms with E-state index in [0.29, 0.717) is 17.3 Å². The van der Waals surface area contributed by atoms with Crippen molar-refractivity contribution in [2.24, 2.45) is 24.3 Å². The van der Waals surface area contributed by atoms with Crippen LogP contribution in [-0.4, -0.2) is 22.9 Å². The Morgan fingerprint density at radius 2 is 2.00 bits per heavy atom. The second kappa shape index (κ2) is 7.09. The second-order valence-electron chi connectivity index (χ2n) is 6.78. The standard InChI is InChI=1S/C16H31N3/c1-13(2)11-17-12-16(5,14(3)4)9-7-15-8-10-18-19(15)6/h8,10,13-14,17H,7,9,11-12H2,1-6H3. The Kier molecular flexibility index (Phi) is 6.05. The van der Waals surface area contributed by atoms with Gasteiger partial charge >= 0.3 is 0 Å². The topological polar surface area (TPSA) is 29.9 Å². The minimum atomic E-state index is 0.346. The molecule has 0 aliphatic rings. The van der Waals surface area contributed by atoms with Gasteiger partial charge in [0.25, 0.3) is 0 Å². The molecule has 1 N–H and O–H groups in total. The maximum Gasteiger partial charge on any atom is 0.0492 e. The van der Waals surface area contributed by atoms with Gasteiger partial charge < -0.3 is 5.32 Å². The summed E-state index contributed by atoms with van der Waals surface area (Å²) < 4.78 is 1.99. The highest BCUT2D eigenvalue weighted by atomic mass is 15.2. The molecule has 1 atom stereocenters. The van der Waals surface area contributed by atoms with Gasteiger partial charge in [-0.25, -0.2) is 0 Å². The Labute approximate surface area is 118 Å². The molecular formula is C16H31N3. The molecule has 0 saturated heterocycles. The van der Waals surface area contributed by atoms with Crippen LogP contribution in [0.5, 0.6) is 0 Å². The van der Waals surface area contributed by atoms with Crippen LogP contribution in [-0.2, 0) is 13.5 Å². The van der Waals surface area contributed by atoms with Crippen molar-refractivity contribution >= 4 is 0 Å². The molecule has 0 aliphatic carbocycles. The summed E-state index contributed by atoms with van der Waals surface area (Å²) in [6.07, 6.45) is 4.20. The molecule has 3 nitrogen and oxygen atoms in total. The van der Waals surface area contributed by atoms with Gasteiger partial charge in [0.05, 0.1) is 0 Å². The van der Waals surface area contributed by atoms with Crippen LogP contribution < -0.4 is 5.32 Å². The summed E-state index contributed by atoms with van der Waals surface area (Å²) in [4.78, 5) is 0. The maximum atomic E-state index is 4.25. The lowest BCUT2D eigenvalue weighted by Gasteiger charge is -2.34. The summed E-state index contributed by atoms with van der Waals surface area (Å²) in [5.74, 6) is 1.40. The zero-order valence-corrected chi connectivity index (χ0v) is 13.5. The second-order valence-corrected chi connectivity index (χ2v) is 6.78. The zero-order chi connectivity index (χ0) is 14.5. The number of nitrogens with zero attached hydrogens (tertiary/aromatic N) is 2.